The number of nitrogen functional groups attached to an aromatic ring is 1. The zero-order valence-electron chi connectivity index (χ0n) is 6.78. The molecule has 4 nitrogen and oxygen atoms in total. The van der Waals surface area contributed by atoms with E-state index in [1.807, 2.05) is 0 Å². The van der Waals surface area contributed by atoms with Gasteiger partial charge in [0.15, 0.2) is 5.65 Å². The van der Waals surface area contributed by atoms with Crippen molar-refractivity contribution in [2.75, 3.05) is 5.73 Å². The number of rotatable bonds is 0. The minimum absolute atomic E-state index is 0.0809. The molecule has 7 heteroatoms. The van der Waals surface area contributed by atoms with Crippen LogP contribution in [-0.2, 0) is 6.18 Å². The molecule has 0 saturated carbocycles. The topological polar surface area (TPSA) is 56.2 Å². The van der Waals surface area contributed by atoms with Crippen LogP contribution in [0.25, 0.3) is 5.65 Å². The molecule has 2 aromatic rings. The van der Waals surface area contributed by atoms with E-state index in [1.165, 1.54) is 18.3 Å². The summed E-state index contributed by atoms with van der Waals surface area (Å²) in [7, 11) is 0. The molecule has 0 aliphatic carbocycles. The summed E-state index contributed by atoms with van der Waals surface area (Å²) in [6.45, 7) is 0. The van der Waals surface area contributed by atoms with Crippen LogP contribution in [0.5, 0.6) is 0 Å². The van der Waals surface area contributed by atoms with E-state index in [1.54, 1.807) is 0 Å². The molecule has 0 unspecified atom stereocenters. The van der Waals surface area contributed by atoms with Crippen LogP contribution in [0, 0.1) is 0 Å². The Hall–Kier alpha value is -1.79. The largest absolute Gasteiger partial charge is 0.453 e. The first kappa shape index (κ1) is 8.79. The molecule has 0 amide bonds. The fraction of sp³-hybridized carbons (Fsp3) is 0.143. The minimum atomic E-state index is -4.53. The van der Waals surface area contributed by atoms with E-state index in [9.17, 15) is 13.2 Å². The van der Waals surface area contributed by atoms with Crippen molar-refractivity contribution in [3.8, 4) is 0 Å². The van der Waals surface area contributed by atoms with Gasteiger partial charge in [-0.05, 0) is 6.07 Å². The molecular formula is C7H5F3N4. The van der Waals surface area contributed by atoms with Gasteiger partial charge in [0, 0.05) is 18.0 Å². The van der Waals surface area contributed by atoms with Crippen molar-refractivity contribution in [1.82, 2.24) is 14.6 Å². The third-order valence-electron chi connectivity index (χ3n) is 1.62. The van der Waals surface area contributed by atoms with E-state index in [2.05, 4.69) is 10.1 Å². The highest BCUT2D eigenvalue weighted by Crippen LogP contribution is 2.26. The summed E-state index contributed by atoms with van der Waals surface area (Å²) < 4.78 is 37.5. The van der Waals surface area contributed by atoms with E-state index >= 15 is 0 Å². The predicted molar refractivity (Wildman–Crippen MR) is 42.4 cm³/mol. The van der Waals surface area contributed by atoms with E-state index in [0.29, 0.717) is 5.69 Å². The number of fused-ring (bicyclic) bond motifs is 1. The number of hydrogen-bond donors (Lipinski definition) is 1. The summed E-state index contributed by atoms with van der Waals surface area (Å²) in [5.74, 6) is -1.16. The molecule has 0 bridgehead atoms. The van der Waals surface area contributed by atoms with E-state index < -0.39 is 12.0 Å². The zero-order valence-corrected chi connectivity index (χ0v) is 6.78. The first-order chi connectivity index (χ1) is 6.47. The van der Waals surface area contributed by atoms with Crippen LogP contribution >= 0.6 is 0 Å². The molecule has 14 heavy (non-hydrogen) atoms. The number of halogens is 3. The van der Waals surface area contributed by atoms with Gasteiger partial charge in [-0.3, -0.25) is 0 Å². The second-order valence-corrected chi connectivity index (χ2v) is 2.70. The molecule has 2 aromatic heterocycles. The lowest BCUT2D eigenvalue weighted by molar-refractivity contribution is -0.144. The van der Waals surface area contributed by atoms with Gasteiger partial charge in [-0.15, -0.1) is 5.10 Å². The Kier molecular flexibility index (Phi) is 1.63. The molecule has 2 rings (SSSR count). The summed E-state index contributed by atoms with van der Waals surface area (Å²) in [5, 5.41) is 3.25. The Morgan fingerprint density at radius 3 is 2.71 bits per heavy atom. The normalized spacial score (nSPS) is 12.2. The van der Waals surface area contributed by atoms with Crippen LogP contribution in [0.2, 0.25) is 0 Å². The standard InChI is InChI=1S/C7H5F3N4/c8-7(9,10)6-12-5-3-4(11)1-2-14(5)13-6/h1-3H,11H2. The first-order valence-electron chi connectivity index (χ1n) is 3.66. The monoisotopic (exact) mass is 202 g/mol. The van der Waals surface area contributed by atoms with Crippen LogP contribution in [-0.4, -0.2) is 14.6 Å². The molecule has 0 aromatic carbocycles. The molecule has 0 saturated heterocycles. The van der Waals surface area contributed by atoms with Crippen LogP contribution in [0.1, 0.15) is 5.82 Å². The molecule has 0 aliphatic rings. The van der Waals surface area contributed by atoms with Crippen LogP contribution in [0.4, 0.5) is 18.9 Å². The van der Waals surface area contributed by atoms with Crippen LogP contribution < -0.4 is 5.73 Å². The average Bonchev–Trinajstić information content (AvgIpc) is 2.45. The molecule has 0 atom stereocenters. The van der Waals surface area contributed by atoms with Gasteiger partial charge >= 0.3 is 6.18 Å². The number of alkyl halides is 3. The van der Waals surface area contributed by atoms with Gasteiger partial charge in [-0.2, -0.15) is 13.2 Å². The lowest BCUT2D eigenvalue weighted by Crippen LogP contribution is -2.07. The maximum absolute atomic E-state index is 12.2. The summed E-state index contributed by atoms with van der Waals surface area (Å²) in [6.07, 6.45) is -3.20. The van der Waals surface area contributed by atoms with Gasteiger partial charge in [0.25, 0.3) is 5.82 Å². The Morgan fingerprint density at radius 2 is 2.07 bits per heavy atom. The van der Waals surface area contributed by atoms with Crippen molar-refractivity contribution in [3.63, 3.8) is 0 Å². The summed E-state index contributed by atoms with van der Waals surface area (Å²) in [6, 6.07) is 2.77. The molecule has 0 radical (unpaired) electrons. The van der Waals surface area contributed by atoms with Gasteiger partial charge < -0.3 is 5.73 Å². The average molecular weight is 202 g/mol. The predicted octanol–water partition coefficient (Wildman–Crippen LogP) is 1.33. The third-order valence-corrected chi connectivity index (χ3v) is 1.62. The Balaban J connectivity index is 2.63. The molecule has 74 valence electrons. The highest BCUT2D eigenvalue weighted by atomic mass is 19.4. The van der Waals surface area contributed by atoms with Crippen molar-refractivity contribution in [2.24, 2.45) is 0 Å². The lowest BCUT2D eigenvalue weighted by atomic mass is 10.4. The smallest absolute Gasteiger partial charge is 0.399 e. The fourth-order valence-electron chi connectivity index (χ4n) is 1.02. The van der Waals surface area contributed by atoms with Gasteiger partial charge in [0.1, 0.15) is 0 Å². The van der Waals surface area contributed by atoms with Gasteiger partial charge in [0.05, 0.1) is 0 Å². The molecule has 2 N–H and O–H groups in total. The maximum atomic E-state index is 12.2. The van der Waals surface area contributed by atoms with Crippen molar-refractivity contribution >= 4 is 11.3 Å². The van der Waals surface area contributed by atoms with Crippen molar-refractivity contribution in [2.45, 2.75) is 6.18 Å². The molecular weight excluding hydrogens is 197 g/mol. The highest BCUT2D eigenvalue weighted by Gasteiger charge is 2.36. The van der Waals surface area contributed by atoms with Crippen molar-refractivity contribution < 1.29 is 13.2 Å². The number of nitrogens with zero attached hydrogens (tertiary/aromatic N) is 3. The zero-order chi connectivity index (χ0) is 10.3. The highest BCUT2D eigenvalue weighted by molar-refractivity contribution is 5.50. The Labute approximate surface area is 76.2 Å². The second kappa shape index (κ2) is 2.60. The molecule has 0 spiro atoms. The minimum Gasteiger partial charge on any atom is -0.399 e. The van der Waals surface area contributed by atoms with E-state index in [4.69, 9.17) is 5.73 Å². The maximum Gasteiger partial charge on any atom is 0.453 e. The third kappa shape index (κ3) is 1.36. The van der Waals surface area contributed by atoms with Crippen molar-refractivity contribution in [3.05, 3.63) is 24.2 Å². The van der Waals surface area contributed by atoms with Gasteiger partial charge in [-0.25, -0.2) is 9.50 Å². The summed E-state index contributed by atoms with van der Waals surface area (Å²) >= 11 is 0. The fourth-order valence-corrected chi connectivity index (χ4v) is 1.02. The second-order valence-electron chi connectivity index (χ2n) is 2.70. The first-order valence-corrected chi connectivity index (χ1v) is 3.66. The Morgan fingerprint density at radius 1 is 1.36 bits per heavy atom. The summed E-state index contributed by atoms with van der Waals surface area (Å²) in [4.78, 5) is 3.29. The van der Waals surface area contributed by atoms with Gasteiger partial charge in [-0.1, -0.05) is 0 Å². The van der Waals surface area contributed by atoms with Crippen LogP contribution in [0.3, 0.4) is 0 Å². The van der Waals surface area contributed by atoms with Gasteiger partial charge in [0.2, 0.25) is 0 Å². The van der Waals surface area contributed by atoms with Crippen molar-refractivity contribution in [1.29, 1.82) is 0 Å². The molecule has 2 heterocycles. The summed E-state index contributed by atoms with van der Waals surface area (Å²) in [5.41, 5.74) is 5.81. The number of hydrogen-bond acceptors (Lipinski definition) is 3. The van der Waals surface area contributed by atoms with Crippen LogP contribution in [0.15, 0.2) is 18.3 Å². The van der Waals surface area contributed by atoms with E-state index in [0.717, 1.165) is 4.52 Å². The Bertz CT molecular complexity index is 473. The van der Waals surface area contributed by atoms with E-state index in [-0.39, 0.29) is 5.65 Å². The molecule has 0 aliphatic heterocycles. The SMILES string of the molecule is Nc1ccn2nc(C(F)(F)F)nc2c1. The number of nitrogens with two attached hydrogens (primary N) is 1. The quantitative estimate of drug-likeness (QED) is 0.701. The lowest BCUT2D eigenvalue weighted by Gasteiger charge is -1.96. The molecule has 0 fully saturated rings. The number of anilines is 1. The number of pyridine rings is 1. The number of aromatic nitrogens is 3.